The van der Waals surface area contributed by atoms with E-state index >= 15 is 0 Å². The number of morpholine rings is 1. The number of hydrogen-bond acceptors (Lipinski definition) is 8. The molecular formula is C25H28N4O5S. The molecule has 1 amide bonds. The smallest absolute Gasteiger partial charge is 0.325 e. The summed E-state index contributed by atoms with van der Waals surface area (Å²) in [4.78, 5) is 44.3. The first-order valence-electron chi connectivity index (χ1n) is 11.4. The number of methoxy groups -OCH3 is 1. The Morgan fingerprint density at radius 1 is 1.09 bits per heavy atom. The number of amides is 1. The Morgan fingerprint density at radius 2 is 1.80 bits per heavy atom. The van der Waals surface area contributed by atoms with Gasteiger partial charge < -0.3 is 14.8 Å². The van der Waals surface area contributed by atoms with Crippen LogP contribution >= 0.6 is 11.8 Å². The molecule has 1 aliphatic heterocycles. The third kappa shape index (κ3) is 6.47. The van der Waals surface area contributed by atoms with Crippen LogP contribution in [-0.2, 0) is 38.7 Å². The third-order valence-corrected chi connectivity index (χ3v) is 6.74. The van der Waals surface area contributed by atoms with Crippen LogP contribution in [0.3, 0.4) is 0 Å². The summed E-state index contributed by atoms with van der Waals surface area (Å²) in [6.07, 6.45) is 0. The molecule has 1 aliphatic rings. The number of rotatable bonds is 9. The monoisotopic (exact) mass is 496 g/mol. The van der Waals surface area contributed by atoms with Gasteiger partial charge in [0.2, 0.25) is 5.91 Å². The van der Waals surface area contributed by atoms with Gasteiger partial charge in [0.15, 0.2) is 5.16 Å². The van der Waals surface area contributed by atoms with E-state index in [-0.39, 0.29) is 23.8 Å². The molecule has 1 fully saturated rings. The second-order valence-electron chi connectivity index (χ2n) is 8.10. The number of carbonyl (C=O) groups excluding carboxylic acids is 2. The Bertz CT molecular complexity index is 1260. The topological polar surface area (TPSA) is 103 Å². The van der Waals surface area contributed by atoms with E-state index in [9.17, 15) is 14.4 Å². The number of thioether (sulfide) groups is 1. The van der Waals surface area contributed by atoms with Gasteiger partial charge in [-0.25, -0.2) is 4.98 Å². The fourth-order valence-electron chi connectivity index (χ4n) is 3.85. The highest BCUT2D eigenvalue weighted by atomic mass is 32.2. The molecule has 35 heavy (non-hydrogen) atoms. The van der Waals surface area contributed by atoms with Gasteiger partial charge in [-0.3, -0.25) is 23.9 Å². The van der Waals surface area contributed by atoms with Gasteiger partial charge >= 0.3 is 5.97 Å². The predicted molar refractivity (Wildman–Crippen MR) is 133 cm³/mol. The fraction of sp³-hybridized carbons (Fsp3) is 0.360. The van der Waals surface area contributed by atoms with Crippen LogP contribution in [0.15, 0.2) is 58.5 Å². The molecule has 1 aromatic heterocycles. The van der Waals surface area contributed by atoms with Crippen molar-refractivity contribution in [3.8, 4) is 0 Å². The van der Waals surface area contributed by atoms with Crippen molar-refractivity contribution in [2.75, 3.05) is 39.2 Å². The summed E-state index contributed by atoms with van der Waals surface area (Å²) in [5.41, 5.74) is 2.40. The minimum absolute atomic E-state index is 0.0532. The molecule has 1 saturated heterocycles. The summed E-state index contributed by atoms with van der Waals surface area (Å²) in [6.45, 7) is 4.20. The predicted octanol–water partition coefficient (Wildman–Crippen LogP) is 1.81. The van der Waals surface area contributed by atoms with Gasteiger partial charge in [0.1, 0.15) is 6.54 Å². The maximum atomic E-state index is 12.9. The molecule has 0 saturated carbocycles. The van der Waals surface area contributed by atoms with Crippen molar-refractivity contribution in [1.29, 1.82) is 0 Å². The average Bonchev–Trinajstić information content (AvgIpc) is 2.89. The van der Waals surface area contributed by atoms with E-state index in [1.54, 1.807) is 24.3 Å². The summed E-state index contributed by atoms with van der Waals surface area (Å²) < 4.78 is 11.4. The molecular weight excluding hydrogens is 468 g/mol. The number of nitrogens with one attached hydrogen (secondary N) is 1. The van der Waals surface area contributed by atoms with E-state index in [1.165, 1.54) is 17.2 Å². The second kappa shape index (κ2) is 12.0. The number of fused-ring (bicyclic) bond motifs is 1. The average molecular weight is 497 g/mol. The largest absolute Gasteiger partial charge is 0.468 e. The standard InChI is InChI=1S/C25H28N4O5S/c1-33-23(31)16-29-24(32)20-8-4-5-9-21(20)27-25(29)35-17-22(30)26-14-18-6-2-3-7-19(18)15-28-10-12-34-13-11-28/h2-9H,10-17H2,1H3,(H,26,30). The van der Waals surface area contributed by atoms with E-state index in [0.717, 1.165) is 50.2 Å². The lowest BCUT2D eigenvalue weighted by Crippen LogP contribution is -2.36. The molecule has 0 atom stereocenters. The van der Waals surface area contributed by atoms with Crippen molar-refractivity contribution in [3.63, 3.8) is 0 Å². The lowest BCUT2D eigenvalue weighted by atomic mass is 10.1. The van der Waals surface area contributed by atoms with Gasteiger partial charge in [0.25, 0.3) is 5.56 Å². The molecule has 9 nitrogen and oxygen atoms in total. The summed E-state index contributed by atoms with van der Waals surface area (Å²) in [5.74, 6) is -0.701. The van der Waals surface area contributed by atoms with Crippen LogP contribution in [-0.4, -0.2) is 65.5 Å². The molecule has 0 radical (unpaired) electrons. The number of nitrogens with zero attached hydrogens (tertiary/aromatic N) is 3. The van der Waals surface area contributed by atoms with Gasteiger partial charge in [-0.2, -0.15) is 0 Å². The van der Waals surface area contributed by atoms with E-state index in [0.29, 0.717) is 22.6 Å². The molecule has 0 unspecified atom stereocenters. The SMILES string of the molecule is COC(=O)Cn1c(SCC(=O)NCc2ccccc2CN2CCOCC2)nc2ccccc2c1=O. The zero-order chi connectivity index (χ0) is 24.6. The van der Waals surface area contributed by atoms with Crippen LogP contribution in [0.25, 0.3) is 10.9 Å². The molecule has 1 N–H and O–H groups in total. The molecule has 0 spiro atoms. The van der Waals surface area contributed by atoms with Crippen molar-refractivity contribution >= 4 is 34.5 Å². The molecule has 0 bridgehead atoms. The summed E-state index contributed by atoms with van der Waals surface area (Å²) in [6, 6.07) is 15.0. The Hall–Kier alpha value is -3.21. The Balaban J connectivity index is 1.42. The summed E-state index contributed by atoms with van der Waals surface area (Å²) >= 11 is 1.11. The van der Waals surface area contributed by atoms with Crippen LogP contribution in [0.4, 0.5) is 0 Å². The maximum Gasteiger partial charge on any atom is 0.325 e. The summed E-state index contributed by atoms with van der Waals surface area (Å²) in [7, 11) is 1.26. The van der Waals surface area contributed by atoms with Gasteiger partial charge in [-0.05, 0) is 23.3 Å². The highest BCUT2D eigenvalue weighted by Gasteiger charge is 2.17. The summed E-state index contributed by atoms with van der Waals surface area (Å²) in [5, 5.41) is 3.66. The lowest BCUT2D eigenvalue weighted by molar-refractivity contribution is -0.141. The number of para-hydroxylation sites is 1. The molecule has 4 rings (SSSR count). The normalized spacial score (nSPS) is 14.1. The minimum Gasteiger partial charge on any atom is -0.468 e. The van der Waals surface area contributed by atoms with Gasteiger partial charge in [0, 0.05) is 26.2 Å². The van der Waals surface area contributed by atoms with Crippen molar-refractivity contribution in [2.24, 2.45) is 0 Å². The lowest BCUT2D eigenvalue weighted by Gasteiger charge is -2.27. The molecule has 0 aliphatic carbocycles. The maximum absolute atomic E-state index is 12.9. The number of aromatic nitrogens is 2. The number of hydrogen-bond donors (Lipinski definition) is 1. The third-order valence-electron chi connectivity index (χ3n) is 5.77. The van der Waals surface area contributed by atoms with E-state index in [4.69, 9.17) is 9.47 Å². The minimum atomic E-state index is -0.563. The van der Waals surface area contributed by atoms with E-state index in [2.05, 4.69) is 21.3 Å². The number of esters is 1. The zero-order valence-corrected chi connectivity index (χ0v) is 20.4. The molecule has 2 heterocycles. The van der Waals surface area contributed by atoms with Crippen LogP contribution in [0.2, 0.25) is 0 Å². The molecule has 3 aromatic rings. The van der Waals surface area contributed by atoms with Crippen LogP contribution in [0.5, 0.6) is 0 Å². The highest BCUT2D eigenvalue weighted by molar-refractivity contribution is 7.99. The zero-order valence-electron chi connectivity index (χ0n) is 19.6. The number of benzene rings is 2. The fourth-order valence-corrected chi connectivity index (χ4v) is 4.68. The van der Waals surface area contributed by atoms with Crippen LogP contribution in [0, 0.1) is 0 Å². The Labute approximate surface area is 207 Å². The van der Waals surface area contributed by atoms with E-state index < -0.39 is 5.97 Å². The second-order valence-corrected chi connectivity index (χ2v) is 9.04. The van der Waals surface area contributed by atoms with Crippen molar-refractivity contribution < 1.29 is 19.1 Å². The first-order chi connectivity index (χ1) is 17.0. The first kappa shape index (κ1) is 24.9. The Kier molecular flexibility index (Phi) is 8.51. The van der Waals surface area contributed by atoms with Crippen molar-refractivity contribution in [1.82, 2.24) is 19.8 Å². The molecule has 184 valence electrons. The number of ether oxygens (including phenoxy) is 2. The van der Waals surface area contributed by atoms with Crippen molar-refractivity contribution in [3.05, 3.63) is 70.0 Å². The van der Waals surface area contributed by atoms with Crippen LogP contribution < -0.4 is 10.9 Å². The molecule has 10 heteroatoms. The van der Waals surface area contributed by atoms with Gasteiger partial charge in [0.05, 0.1) is 37.0 Å². The highest BCUT2D eigenvalue weighted by Crippen LogP contribution is 2.18. The molecule has 2 aromatic carbocycles. The van der Waals surface area contributed by atoms with Crippen LogP contribution in [0.1, 0.15) is 11.1 Å². The Morgan fingerprint density at radius 3 is 2.57 bits per heavy atom. The van der Waals surface area contributed by atoms with E-state index in [1.807, 2.05) is 18.2 Å². The van der Waals surface area contributed by atoms with Crippen molar-refractivity contribution in [2.45, 2.75) is 24.8 Å². The number of carbonyl (C=O) groups is 2. The quantitative estimate of drug-likeness (QED) is 0.272. The van der Waals surface area contributed by atoms with Gasteiger partial charge in [-0.1, -0.05) is 48.2 Å². The van der Waals surface area contributed by atoms with Gasteiger partial charge in [-0.15, -0.1) is 0 Å². The first-order valence-corrected chi connectivity index (χ1v) is 12.4.